The van der Waals surface area contributed by atoms with E-state index in [-0.39, 0.29) is 0 Å². The molecule has 108 valence electrons. The number of benzene rings is 1. The molecule has 0 heterocycles. The summed E-state index contributed by atoms with van der Waals surface area (Å²) in [7, 11) is 5.96. The molecule has 0 saturated carbocycles. The van der Waals surface area contributed by atoms with E-state index in [0.717, 1.165) is 13.2 Å². The fraction of sp³-hybridized carbons (Fsp3) is 0.625. The maximum absolute atomic E-state index is 5.22. The van der Waals surface area contributed by atoms with Crippen LogP contribution in [0.5, 0.6) is 0 Å². The van der Waals surface area contributed by atoms with Crippen molar-refractivity contribution >= 4 is 0 Å². The molecule has 1 aromatic rings. The van der Waals surface area contributed by atoms with Crippen molar-refractivity contribution in [3.05, 3.63) is 35.9 Å². The van der Waals surface area contributed by atoms with Gasteiger partial charge >= 0.3 is 0 Å². The predicted octanol–water partition coefficient (Wildman–Crippen LogP) is 2.55. The van der Waals surface area contributed by atoms with E-state index in [9.17, 15) is 0 Å². The highest BCUT2D eigenvalue weighted by Gasteiger charge is 2.20. The van der Waals surface area contributed by atoms with E-state index in [1.165, 1.54) is 5.56 Å². The molecule has 0 aliphatic carbocycles. The minimum Gasteiger partial charge on any atom is -0.383 e. The molecule has 0 amide bonds. The molecule has 0 radical (unpaired) electrons. The predicted molar refractivity (Wildman–Crippen MR) is 81.4 cm³/mol. The van der Waals surface area contributed by atoms with E-state index in [1.54, 1.807) is 7.11 Å². The summed E-state index contributed by atoms with van der Waals surface area (Å²) in [5, 5.41) is 3.44. The fourth-order valence-electron chi connectivity index (χ4n) is 2.55. The Morgan fingerprint density at radius 2 is 1.84 bits per heavy atom. The molecule has 3 nitrogen and oxygen atoms in total. The zero-order valence-corrected chi connectivity index (χ0v) is 12.9. The molecule has 3 atom stereocenters. The second kappa shape index (κ2) is 8.31. The van der Waals surface area contributed by atoms with Gasteiger partial charge < -0.3 is 15.0 Å². The largest absolute Gasteiger partial charge is 0.383 e. The first-order valence-electron chi connectivity index (χ1n) is 7.01. The average molecular weight is 264 g/mol. The maximum atomic E-state index is 5.22. The number of nitrogens with zero attached hydrogens (tertiary/aromatic N) is 1. The Morgan fingerprint density at radius 1 is 1.21 bits per heavy atom. The number of hydrogen-bond donors (Lipinski definition) is 1. The molecule has 0 bridgehead atoms. The highest BCUT2D eigenvalue weighted by atomic mass is 16.5. The quantitative estimate of drug-likeness (QED) is 0.781. The maximum Gasteiger partial charge on any atom is 0.0615 e. The number of methoxy groups -OCH3 is 1. The number of nitrogens with one attached hydrogen (secondary N) is 1. The van der Waals surface area contributed by atoms with Gasteiger partial charge in [0.1, 0.15) is 0 Å². The molecular weight excluding hydrogens is 236 g/mol. The smallest absolute Gasteiger partial charge is 0.0615 e. The van der Waals surface area contributed by atoms with Gasteiger partial charge in [-0.2, -0.15) is 0 Å². The van der Waals surface area contributed by atoms with Crippen molar-refractivity contribution in [1.82, 2.24) is 10.2 Å². The summed E-state index contributed by atoms with van der Waals surface area (Å²) in [5.74, 6) is 0.539. The molecule has 19 heavy (non-hydrogen) atoms. The van der Waals surface area contributed by atoms with E-state index in [1.807, 2.05) is 7.05 Å². The van der Waals surface area contributed by atoms with Crippen molar-refractivity contribution in [2.75, 3.05) is 34.4 Å². The molecule has 0 fully saturated rings. The molecule has 0 aliphatic heterocycles. The van der Waals surface area contributed by atoms with Gasteiger partial charge in [-0.1, -0.05) is 37.3 Å². The van der Waals surface area contributed by atoms with Crippen LogP contribution >= 0.6 is 0 Å². The second-order valence-corrected chi connectivity index (χ2v) is 5.40. The summed E-state index contributed by atoms with van der Waals surface area (Å²) in [6, 6.07) is 11.5. The summed E-state index contributed by atoms with van der Waals surface area (Å²) in [5.41, 5.74) is 1.35. The molecule has 0 saturated heterocycles. The van der Waals surface area contributed by atoms with Crippen LogP contribution in [0.25, 0.3) is 0 Å². The average Bonchev–Trinajstić information content (AvgIpc) is 2.41. The van der Waals surface area contributed by atoms with Gasteiger partial charge in [0.05, 0.1) is 6.61 Å². The van der Waals surface area contributed by atoms with Crippen molar-refractivity contribution in [2.24, 2.45) is 5.92 Å². The van der Waals surface area contributed by atoms with Crippen LogP contribution in [0.4, 0.5) is 0 Å². The lowest BCUT2D eigenvalue weighted by Gasteiger charge is -2.31. The number of hydrogen-bond acceptors (Lipinski definition) is 3. The van der Waals surface area contributed by atoms with Gasteiger partial charge in [-0.05, 0) is 32.5 Å². The van der Waals surface area contributed by atoms with E-state index < -0.39 is 0 Å². The molecule has 0 spiro atoms. The summed E-state index contributed by atoms with van der Waals surface area (Å²) in [6.45, 7) is 6.32. The lowest BCUT2D eigenvalue weighted by Crippen LogP contribution is -2.39. The Morgan fingerprint density at radius 3 is 2.37 bits per heavy atom. The van der Waals surface area contributed by atoms with Crippen LogP contribution in [0.2, 0.25) is 0 Å². The summed E-state index contributed by atoms with van der Waals surface area (Å²) >= 11 is 0. The third-order valence-electron chi connectivity index (χ3n) is 3.78. The highest BCUT2D eigenvalue weighted by molar-refractivity contribution is 5.19. The van der Waals surface area contributed by atoms with Crippen LogP contribution in [0, 0.1) is 5.92 Å². The molecule has 1 aromatic carbocycles. The molecule has 3 heteroatoms. The first kappa shape index (κ1) is 16.2. The summed E-state index contributed by atoms with van der Waals surface area (Å²) in [4.78, 5) is 2.36. The van der Waals surface area contributed by atoms with E-state index in [4.69, 9.17) is 4.74 Å². The minimum absolute atomic E-state index is 0.387. The monoisotopic (exact) mass is 264 g/mol. The minimum atomic E-state index is 0.387. The zero-order chi connectivity index (χ0) is 14.3. The summed E-state index contributed by atoms with van der Waals surface area (Å²) < 4.78 is 5.22. The van der Waals surface area contributed by atoms with E-state index in [0.29, 0.717) is 18.0 Å². The van der Waals surface area contributed by atoms with Crippen LogP contribution < -0.4 is 5.32 Å². The molecule has 0 aliphatic rings. The third kappa shape index (κ3) is 4.94. The molecule has 0 aromatic heterocycles. The Bertz CT molecular complexity index is 342. The summed E-state index contributed by atoms with van der Waals surface area (Å²) in [6.07, 6.45) is 0. The van der Waals surface area contributed by atoms with Crippen molar-refractivity contribution in [3.63, 3.8) is 0 Å². The van der Waals surface area contributed by atoms with Crippen molar-refractivity contribution < 1.29 is 4.74 Å². The third-order valence-corrected chi connectivity index (χ3v) is 3.78. The lowest BCUT2D eigenvalue weighted by atomic mass is 9.94. The zero-order valence-electron chi connectivity index (χ0n) is 12.9. The topological polar surface area (TPSA) is 24.5 Å². The fourth-order valence-corrected chi connectivity index (χ4v) is 2.55. The van der Waals surface area contributed by atoms with Crippen LogP contribution in [0.3, 0.4) is 0 Å². The number of ether oxygens (including phenoxy) is 1. The Labute approximate surface area is 118 Å². The van der Waals surface area contributed by atoms with Crippen molar-refractivity contribution in [2.45, 2.75) is 25.9 Å². The van der Waals surface area contributed by atoms with Crippen LogP contribution in [-0.4, -0.2) is 45.3 Å². The van der Waals surface area contributed by atoms with E-state index in [2.05, 4.69) is 61.4 Å². The van der Waals surface area contributed by atoms with Gasteiger partial charge in [0.15, 0.2) is 0 Å². The van der Waals surface area contributed by atoms with Gasteiger partial charge in [0.2, 0.25) is 0 Å². The Kier molecular flexibility index (Phi) is 7.06. The highest BCUT2D eigenvalue weighted by Crippen LogP contribution is 2.22. The number of likely N-dealkylation sites (N-methyl/N-ethyl adjacent to an activating group) is 1. The first-order valence-corrected chi connectivity index (χ1v) is 7.01. The van der Waals surface area contributed by atoms with Gasteiger partial charge in [-0.25, -0.2) is 0 Å². The lowest BCUT2D eigenvalue weighted by molar-refractivity contribution is 0.103. The normalized spacial score (nSPS) is 16.3. The van der Waals surface area contributed by atoms with E-state index >= 15 is 0 Å². The molecular formula is C16H28N2O. The van der Waals surface area contributed by atoms with Crippen LogP contribution in [-0.2, 0) is 4.74 Å². The van der Waals surface area contributed by atoms with Crippen molar-refractivity contribution in [3.8, 4) is 0 Å². The van der Waals surface area contributed by atoms with Gasteiger partial charge in [0.25, 0.3) is 0 Å². The molecule has 1 N–H and O–H groups in total. The Hall–Kier alpha value is -0.900. The van der Waals surface area contributed by atoms with Crippen molar-refractivity contribution in [1.29, 1.82) is 0 Å². The van der Waals surface area contributed by atoms with Gasteiger partial charge in [-0.3, -0.25) is 0 Å². The van der Waals surface area contributed by atoms with Crippen LogP contribution in [0.15, 0.2) is 30.3 Å². The Balaban J connectivity index is 2.62. The second-order valence-electron chi connectivity index (χ2n) is 5.40. The molecule has 1 rings (SSSR count). The number of rotatable bonds is 8. The van der Waals surface area contributed by atoms with Gasteiger partial charge in [0, 0.05) is 25.7 Å². The standard InChI is InChI=1S/C16H28N2O/c1-13(11-18(4)14(2)12-19-5)16(17-3)15-9-7-6-8-10-15/h6-10,13-14,16-17H,11-12H2,1-5H3. The van der Waals surface area contributed by atoms with Gasteiger partial charge in [-0.15, -0.1) is 0 Å². The first-order chi connectivity index (χ1) is 9.10. The van der Waals surface area contributed by atoms with Crippen LogP contribution in [0.1, 0.15) is 25.5 Å². The SMILES string of the molecule is CNC(c1ccccc1)C(C)CN(C)C(C)COC. The molecule has 3 unspecified atom stereocenters.